The first-order chi connectivity index (χ1) is 10.1. The summed E-state index contributed by atoms with van der Waals surface area (Å²) in [7, 11) is 0. The third kappa shape index (κ3) is 4.31. The zero-order valence-corrected chi connectivity index (χ0v) is 12.5. The van der Waals surface area contributed by atoms with Crippen molar-refractivity contribution in [2.24, 2.45) is 11.7 Å². The van der Waals surface area contributed by atoms with Crippen LogP contribution in [-0.2, 0) is 11.3 Å². The summed E-state index contributed by atoms with van der Waals surface area (Å²) in [4.78, 5) is 23.6. The van der Waals surface area contributed by atoms with Gasteiger partial charge in [-0.2, -0.15) is 5.10 Å². The summed E-state index contributed by atoms with van der Waals surface area (Å²) >= 11 is 0. The predicted molar refractivity (Wildman–Crippen MR) is 79.5 cm³/mol. The van der Waals surface area contributed by atoms with Gasteiger partial charge in [0, 0.05) is 25.2 Å². The molecule has 116 valence electrons. The predicted octanol–water partition coefficient (Wildman–Crippen LogP) is 1.46. The van der Waals surface area contributed by atoms with Crippen molar-refractivity contribution in [3.8, 4) is 0 Å². The fourth-order valence-corrected chi connectivity index (χ4v) is 2.99. The van der Waals surface area contributed by atoms with Crippen molar-refractivity contribution in [3.63, 3.8) is 0 Å². The number of aromatic nitrogens is 2. The molecule has 1 aliphatic rings. The Balaban J connectivity index is 2.02. The highest BCUT2D eigenvalue weighted by atomic mass is 16.2. The van der Waals surface area contributed by atoms with Crippen molar-refractivity contribution in [2.75, 3.05) is 0 Å². The lowest BCUT2D eigenvalue weighted by Gasteiger charge is -2.30. The van der Waals surface area contributed by atoms with E-state index in [0.29, 0.717) is 11.5 Å². The molecule has 1 aliphatic carbocycles. The molecule has 0 bridgehead atoms. The Morgan fingerprint density at radius 3 is 2.71 bits per heavy atom. The van der Waals surface area contributed by atoms with Gasteiger partial charge >= 0.3 is 0 Å². The topological polar surface area (TPSA) is 90.0 Å². The Morgan fingerprint density at radius 2 is 2.14 bits per heavy atom. The second-order valence-electron chi connectivity index (χ2n) is 5.73. The number of carbonyl (C=O) groups excluding carboxylic acids is 2. The molecule has 1 fully saturated rings. The Morgan fingerprint density at radius 1 is 1.43 bits per heavy atom. The van der Waals surface area contributed by atoms with Crippen molar-refractivity contribution >= 4 is 11.8 Å². The van der Waals surface area contributed by atoms with E-state index < -0.39 is 0 Å². The molecular weight excluding hydrogens is 268 g/mol. The number of hydrogen-bond donors (Lipinski definition) is 2. The van der Waals surface area contributed by atoms with Crippen molar-refractivity contribution in [1.82, 2.24) is 15.1 Å². The zero-order valence-electron chi connectivity index (χ0n) is 12.5. The van der Waals surface area contributed by atoms with Crippen molar-refractivity contribution in [2.45, 2.75) is 58.0 Å². The maximum Gasteiger partial charge on any atom is 0.254 e. The van der Waals surface area contributed by atoms with Crippen LogP contribution in [0.2, 0.25) is 0 Å². The molecule has 1 atom stereocenters. The van der Waals surface area contributed by atoms with E-state index in [2.05, 4.69) is 10.4 Å². The van der Waals surface area contributed by atoms with Gasteiger partial charge in [0.05, 0.1) is 11.8 Å². The Hall–Kier alpha value is -1.85. The smallest absolute Gasteiger partial charge is 0.254 e. The minimum atomic E-state index is -0.366. The number of carbonyl (C=O) groups is 2. The lowest BCUT2D eigenvalue weighted by atomic mass is 9.82. The van der Waals surface area contributed by atoms with Crippen molar-refractivity contribution < 1.29 is 9.59 Å². The lowest BCUT2D eigenvalue weighted by molar-refractivity contribution is -0.118. The summed E-state index contributed by atoms with van der Waals surface area (Å²) in [5.41, 5.74) is 5.86. The summed E-state index contributed by atoms with van der Waals surface area (Å²) in [5, 5.41) is 7.08. The largest absolute Gasteiger partial charge is 0.370 e. The Labute approximate surface area is 125 Å². The standard InChI is InChI=1S/C15H24N4O2/c1-2-19-10-12(9-17-19)15(21)18-13(8-14(16)20)11-6-4-3-5-7-11/h9-11,13H,2-8H2,1H3,(H2,16,20)(H,18,21)/t13-/m0/s1. The molecule has 1 aromatic rings. The van der Waals surface area contributed by atoms with Gasteiger partial charge in [0.1, 0.15) is 0 Å². The summed E-state index contributed by atoms with van der Waals surface area (Å²) in [6.07, 6.45) is 9.12. The van der Waals surface area contributed by atoms with Crippen LogP contribution in [0.3, 0.4) is 0 Å². The number of aryl methyl sites for hydroxylation is 1. The van der Waals surface area contributed by atoms with Gasteiger partial charge < -0.3 is 11.1 Å². The number of rotatable bonds is 6. The average molecular weight is 292 g/mol. The third-order valence-electron chi connectivity index (χ3n) is 4.18. The van der Waals surface area contributed by atoms with Gasteiger partial charge in [0.15, 0.2) is 0 Å². The highest BCUT2D eigenvalue weighted by Gasteiger charge is 2.27. The number of amides is 2. The second kappa shape index (κ2) is 7.24. The minimum absolute atomic E-state index is 0.166. The maximum atomic E-state index is 12.3. The highest BCUT2D eigenvalue weighted by Crippen LogP contribution is 2.27. The van der Waals surface area contributed by atoms with E-state index in [-0.39, 0.29) is 24.3 Å². The van der Waals surface area contributed by atoms with Crippen LogP contribution >= 0.6 is 0 Å². The molecule has 1 aromatic heterocycles. The van der Waals surface area contributed by atoms with Crippen LogP contribution in [0, 0.1) is 5.92 Å². The fourth-order valence-electron chi connectivity index (χ4n) is 2.99. The van der Waals surface area contributed by atoms with Crippen LogP contribution in [0.15, 0.2) is 12.4 Å². The Kier molecular flexibility index (Phi) is 5.36. The molecule has 6 heteroatoms. The van der Waals surface area contributed by atoms with Gasteiger partial charge in [-0.1, -0.05) is 19.3 Å². The molecule has 21 heavy (non-hydrogen) atoms. The first kappa shape index (κ1) is 15.5. The summed E-state index contributed by atoms with van der Waals surface area (Å²) in [5.74, 6) is -0.196. The van der Waals surface area contributed by atoms with E-state index in [1.54, 1.807) is 17.1 Å². The van der Waals surface area contributed by atoms with Crippen LogP contribution in [0.5, 0.6) is 0 Å². The quantitative estimate of drug-likeness (QED) is 0.831. The Bertz CT molecular complexity index is 492. The molecular formula is C15H24N4O2. The normalized spacial score (nSPS) is 17.4. The third-order valence-corrected chi connectivity index (χ3v) is 4.18. The van der Waals surface area contributed by atoms with Gasteiger partial charge in [-0.15, -0.1) is 0 Å². The first-order valence-electron chi connectivity index (χ1n) is 7.71. The van der Waals surface area contributed by atoms with Gasteiger partial charge in [-0.3, -0.25) is 14.3 Å². The van der Waals surface area contributed by atoms with E-state index in [9.17, 15) is 9.59 Å². The summed E-state index contributed by atoms with van der Waals surface area (Å²) in [6.45, 7) is 2.69. The molecule has 0 aromatic carbocycles. The molecule has 1 saturated carbocycles. The summed E-state index contributed by atoms with van der Waals surface area (Å²) < 4.78 is 1.71. The van der Waals surface area contributed by atoms with Crippen LogP contribution in [-0.4, -0.2) is 27.6 Å². The second-order valence-corrected chi connectivity index (χ2v) is 5.73. The molecule has 2 rings (SSSR count). The number of hydrogen-bond acceptors (Lipinski definition) is 3. The zero-order chi connectivity index (χ0) is 15.2. The fraction of sp³-hybridized carbons (Fsp3) is 0.667. The molecule has 0 unspecified atom stereocenters. The minimum Gasteiger partial charge on any atom is -0.370 e. The van der Waals surface area contributed by atoms with Crippen LogP contribution in [0.4, 0.5) is 0 Å². The van der Waals surface area contributed by atoms with Gasteiger partial charge in [-0.05, 0) is 25.7 Å². The lowest BCUT2D eigenvalue weighted by Crippen LogP contribution is -2.43. The molecule has 0 radical (unpaired) electrons. The number of nitrogens with two attached hydrogens (primary N) is 1. The summed E-state index contributed by atoms with van der Waals surface area (Å²) in [6, 6.07) is -0.166. The number of primary amides is 1. The number of nitrogens with one attached hydrogen (secondary N) is 1. The van der Waals surface area contributed by atoms with Crippen LogP contribution in [0.1, 0.15) is 55.8 Å². The molecule has 0 spiro atoms. The molecule has 6 nitrogen and oxygen atoms in total. The van der Waals surface area contributed by atoms with Crippen LogP contribution < -0.4 is 11.1 Å². The van der Waals surface area contributed by atoms with Gasteiger partial charge in [0.2, 0.25) is 5.91 Å². The molecule has 0 saturated heterocycles. The highest BCUT2D eigenvalue weighted by molar-refractivity contribution is 5.94. The molecule has 0 aliphatic heterocycles. The monoisotopic (exact) mass is 292 g/mol. The molecule has 2 amide bonds. The van der Waals surface area contributed by atoms with E-state index in [4.69, 9.17) is 5.73 Å². The SMILES string of the molecule is CCn1cc(C(=O)N[C@@H](CC(N)=O)C2CCCCC2)cn1. The molecule has 1 heterocycles. The maximum absolute atomic E-state index is 12.3. The average Bonchev–Trinajstić information content (AvgIpc) is 2.96. The number of nitrogens with zero attached hydrogens (tertiary/aromatic N) is 2. The van der Waals surface area contributed by atoms with Crippen molar-refractivity contribution in [1.29, 1.82) is 0 Å². The van der Waals surface area contributed by atoms with E-state index in [1.807, 2.05) is 6.92 Å². The van der Waals surface area contributed by atoms with E-state index in [0.717, 1.165) is 32.2 Å². The van der Waals surface area contributed by atoms with Crippen LogP contribution in [0.25, 0.3) is 0 Å². The van der Waals surface area contributed by atoms with E-state index in [1.165, 1.54) is 6.42 Å². The molecule has 3 N–H and O–H groups in total. The first-order valence-corrected chi connectivity index (χ1v) is 7.71. The van der Waals surface area contributed by atoms with Gasteiger partial charge in [0.25, 0.3) is 5.91 Å². The van der Waals surface area contributed by atoms with E-state index >= 15 is 0 Å². The van der Waals surface area contributed by atoms with Crippen molar-refractivity contribution in [3.05, 3.63) is 18.0 Å². The van der Waals surface area contributed by atoms with Gasteiger partial charge in [-0.25, -0.2) is 0 Å².